The molecule has 18 heavy (non-hydrogen) atoms. The van der Waals surface area contributed by atoms with Crippen LogP contribution in [0.25, 0.3) is 0 Å². The summed E-state index contributed by atoms with van der Waals surface area (Å²) in [4.78, 5) is 2.35. The van der Waals surface area contributed by atoms with Crippen molar-refractivity contribution in [3.8, 4) is 0 Å². The summed E-state index contributed by atoms with van der Waals surface area (Å²) in [5.41, 5.74) is 0. The van der Waals surface area contributed by atoms with Gasteiger partial charge in [0.25, 0.3) is 5.92 Å². The van der Waals surface area contributed by atoms with Crippen LogP contribution in [0.2, 0.25) is 0 Å². The first kappa shape index (κ1) is 14.2. The van der Waals surface area contributed by atoms with Gasteiger partial charge in [-0.25, -0.2) is 8.78 Å². The fourth-order valence-corrected chi connectivity index (χ4v) is 2.85. The lowest BCUT2D eigenvalue weighted by Gasteiger charge is -2.41. The van der Waals surface area contributed by atoms with Crippen LogP contribution in [0.4, 0.5) is 8.78 Å². The first-order chi connectivity index (χ1) is 8.56. The third-order valence-corrected chi connectivity index (χ3v) is 3.73. The average Bonchev–Trinajstić information content (AvgIpc) is 2.37. The van der Waals surface area contributed by atoms with E-state index in [9.17, 15) is 8.78 Å². The predicted octanol–water partition coefficient (Wildman–Crippen LogP) is 2.30. The molecule has 3 nitrogen and oxygen atoms in total. The van der Waals surface area contributed by atoms with Crippen molar-refractivity contribution in [2.45, 2.75) is 50.7 Å². The van der Waals surface area contributed by atoms with Crippen molar-refractivity contribution in [2.75, 3.05) is 32.9 Å². The number of halogens is 2. The Kier molecular flexibility index (Phi) is 4.92. The maximum atomic E-state index is 12.9. The van der Waals surface area contributed by atoms with E-state index in [1.54, 1.807) is 0 Å². The number of nitrogens with zero attached hydrogens (tertiary/aromatic N) is 1. The fraction of sp³-hybridized carbons (Fsp3) is 1.00. The quantitative estimate of drug-likeness (QED) is 0.777. The summed E-state index contributed by atoms with van der Waals surface area (Å²) in [6, 6.07) is 0.296. The van der Waals surface area contributed by atoms with Crippen molar-refractivity contribution in [3.05, 3.63) is 0 Å². The van der Waals surface area contributed by atoms with Gasteiger partial charge in [0.05, 0.1) is 19.3 Å². The zero-order valence-corrected chi connectivity index (χ0v) is 11.0. The molecule has 0 spiro atoms. The molecule has 0 radical (unpaired) electrons. The van der Waals surface area contributed by atoms with Gasteiger partial charge in [-0.15, -0.1) is 0 Å². The first-order valence-corrected chi connectivity index (χ1v) is 6.87. The molecule has 0 aromatic rings. The first-order valence-electron chi connectivity index (χ1n) is 6.87. The Hall–Kier alpha value is -0.260. The van der Waals surface area contributed by atoms with Gasteiger partial charge in [-0.05, 0) is 12.8 Å². The third kappa shape index (κ3) is 4.14. The summed E-state index contributed by atoms with van der Waals surface area (Å²) in [7, 11) is 0. The molecule has 0 amide bonds. The van der Waals surface area contributed by atoms with Crippen molar-refractivity contribution < 1.29 is 18.3 Å². The topological polar surface area (TPSA) is 21.7 Å². The smallest absolute Gasteiger partial charge is 0.268 e. The van der Waals surface area contributed by atoms with Gasteiger partial charge in [0.1, 0.15) is 6.61 Å². The SMILES string of the molecule is CC(F)(F)COC1CCCCC1N1CCOCC1. The number of rotatable bonds is 4. The van der Waals surface area contributed by atoms with Crippen LogP contribution in [0.1, 0.15) is 32.6 Å². The Labute approximate surface area is 107 Å². The normalized spacial score (nSPS) is 31.5. The van der Waals surface area contributed by atoms with Crippen LogP contribution in [0.3, 0.4) is 0 Å². The van der Waals surface area contributed by atoms with Crippen LogP contribution in [-0.4, -0.2) is 55.9 Å². The van der Waals surface area contributed by atoms with E-state index in [0.29, 0.717) is 6.04 Å². The Morgan fingerprint density at radius 2 is 1.89 bits per heavy atom. The molecule has 0 bridgehead atoms. The highest BCUT2D eigenvalue weighted by Crippen LogP contribution is 2.27. The lowest BCUT2D eigenvalue weighted by atomic mass is 9.91. The molecule has 0 N–H and O–H groups in total. The number of ether oxygens (including phenoxy) is 2. The average molecular weight is 263 g/mol. The molecule has 0 aromatic carbocycles. The van der Waals surface area contributed by atoms with E-state index >= 15 is 0 Å². The predicted molar refractivity (Wildman–Crippen MR) is 65.0 cm³/mol. The molecule has 2 fully saturated rings. The van der Waals surface area contributed by atoms with Gasteiger partial charge < -0.3 is 9.47 Å². The van der Waals surface area contributed by atoms with E-state index < -0.39 is 12.5 Å². The molecule has 2 rings (SSSR count). The lowest BCUT2D eigenvalue weighted by molar-refractivity contribution is -0.122. The van der Waals surface area contributed by atoms with E-state index in [2.05, 4.69) is 4.90 Å². The van der Waals surface area contributed by atoms with Crippen molar-refractivity contribution in [3.63, 3.8) is 0 Å². The molecular formula is C13H23F2NO2. The van der Waals surface area contributed by atoms with Gasteiger partial charge in [0.2, 0.25) is 0 Å². The van der Waals surface area contributed by atoms with E-state index in [4.69, 9.17) is 9.47 Å². The van der Waals surface area contributed by atoms with Gasteiger partial charge in [-0.2, -0.15) is 0 Å². The Morgan fingerprint density at radius 1 is 1.22 bits per heavy atom. The summed E-state index contributed by atoms with van der Waals surface area (Å²) >= 11 is 0. The van der Waals surface area contributed by atoms with Gasteiger partial charge in [-0.3, -0.25) is 4.90 Å². The van der Waals surface area contributed by atoms with Crippen LogP contribution in [0.5, 0.6) is 0 Å². The molecule has 0 aromatic heterocycles. The van der Waals surface area contributed by atoms with Crippen molar-refractivity contribution >= 4 is 0 Å². The van der Waals surface area contributed by atoms with Gasteiger partial charge >= 0.3 is 0 Å². The highest BCUT2D eigenvalue weighted by Gasteiger charge is 2.33. The Bertz CT molecular complexity index is 252. The number of morpholine rings is 1. The molecule has 1 aliphatic heterocycles. The molecule has 1 saturated carbocycles. The standard InChI is InChI=1S/C13H23F2NO2/c1-13(14,15)10-18-12-5-3-2-4-11(12)16-6-8-17-9-7-16/h11-12H,2-10H2,1H3. The van der Waals surface area contributed by atoms with Gasteiger partial charge in [0.15, 0.2) is 0 Å². The maximum Gasteiger partial charge on any atom is 0.268 e. The van der Waals surface area contributed by atoms with Gasteiger partial charge in [-0.1, -0.05) is 12.8 Å². The fourth-order valence-electron chi connectivity index (χ4n) is 2.85. The van der Waals surface area contributed by atoms with Crippen LogP contribution in [0, 0.1) is 0 Å². The minimum Gasteiger partial charge on any atom is -0.379 e. The minimum absolute atomic E-state index is 0.0392. The van der Waals surface area contributed by atoms with Crippen molar-refractivity contribution in [2.24, 2.45) is 0 Å². The lowest BCUT2D eigenvalue weighted by Crippen LogP contribution is -2.51. The highest BCUT2D eigenvalue weighted by atomic mass is 19.3. The molecule has 1 heterocycles. The molecule has 106 valence electrons. The second-order valence-corrected chi connectivity index (χ2v) is 5.42. The Balaban J connectivity index is 1.88. The minimum atomic E-state index is -2.73. The molecule has 2 aliphatic rings. The second-order valence-electron chi connectivity index (χ2n) is 5.42. The van der Waals surface area contributed by atoms with Crippen molar-refractivity contribution in [1.29, 1.82) is 0 Å². The molecule has 2 atom stereocenters. The molecule has 1 aliphatic carbocycles. The molecule has 5 heteroatoms. The maximum absolute atomic E-state index is 12.9. The monoisotopic (exact) mass is 263 g/mol. The summed E-state index contributed by atoms with van der Waals surface area (Å²) < 4.78 is 36.6. The molecule has 1 saturated heterocycles. The van der Waals surface area contributed by atoms with Crippen LogP contribution in [-0.2, 0) is 9.47 Å². The largest absolute Gasteiger partial charge is 0.379 e. The van der Waals surface area contributed by atoms with E-state index in [-0.39, 0.29) is 6.10 Å². The van der Waals surface area contributed by atoms with Crippen molar-refractivity contribution in [1.82, 2.24) is 4.90 Å². The number of alkyl halides is 2. The van der Waals surface area contributed by atoms with Crippen LogP contribution in [0.15, 0.2) is 0 Å². The number of hydrogen-bond donors (Lipinski definition) is 0. The Morgan fingerprint density at radius 3 is 2.56 bits per heavy atom. The van der Waals surface area contributed by atoms with E-state index in [1.807, 2.05) is 0 Å². The zero-order chi connectivity index (χ0) is 13.0. The second kappa shape index (κ2) is 6.26. The summed E-state index contributed by atoms with van der Waals surface area (Å²) in [6.07, 6.45) is 4.17. The highest BCUT2D eigenvalue weighted by molar-refractivity contribution is 4.85. The summed E-state index contributed by atoms with van der Waals surface area (Å²) in [5.74, 6) is -2.73. The van der Waals surface area contributed by atoms with Gasteiger partial charge in [0, 0.05) is 26.1 Å². The summed E-state index contributed by atoms with van der Waals surface area (Å²) in [6.45, 7) is 3.73. The van der Waals surface area contributed by atoms with Crippen LogP contribution >= 0.6 is 0 Å². The van der Waals surface area contributed by atoms with E-state index in [1.165, 1.54) is 6.42 Å². The summed E-state index contributed by atoms with van der Waals surface area (Å²) in [5, 5.41) is 0. The third-order valence-electron chi connectivity index (χ3n) is 3.73. The molecular weight excluding hydrogens is 240 g/mol. The van der Waals surface area contributed by atoms with E-state index in [0.717, 1.165) is 52.5 Å². The number of hydrogen-bond acceptors (Lipinski definition) is 3. The zero-order valence-electron chi connectivity index (χ0n) is 11.0. The molecule has 2 unspecified atom stereocenters. The van der Waals surface area contributed by atoms with Crippen LogP contribution < -0.4 is 0 Å².